The zero-order chi connectivity index (χ0) is 12.5. The first-order valence-electron chi connectivity index (χ1n) is 5.63. The van der Waals surface area contributed by atoms with E-state index in [1.165, 1.54) is 6.26 Å². The van der Waals surface area contributed by atoms with Crippen LogP contribution in [0, 0.1) is 0 Å². The van der Waals surface area contributed by atoms with E-state index in [-0.39, 0.29) is 10.3 Å². The first kappa shape index (κ1) is 12.5. The lowest BCUT2D eigenvalue weighted by atomic mass is 10.2. The highest BCUT2D eigenvalue weighted by molar-refractivity contribution is 8.00. The van der Waals surface area contributed by atoms with E-state index < -0.39 is 5.97 Å². The molecule has 0 radical (unpaired) electrons. The minimum Gasteiger partial charge on any atom is -0.478 e. The monoisotopic (exact) mass is 255 g/mol. The van der Waals surface area contributed by atoms with Gasteiger partial charge in [0.2, 0.25) is 0 Å². The Balaban J connectivity index is 1.98. The van der Waals surface area contributed by atoms with E-state index in [2.05, 4.69) is 18.7 Å². The molecule has 0 unspecified atom stereocenters. The summed E-state index contributed by atoms with van der Waals surface area (Å²) in [5, 5.41) is 8.81. The number of aromatic carboxylic acids is 1. The van der Waals surface area contributed by atoms with Crippen LogP contribution in [0.25, 0.3) is 0 Å². The molecule has 0 atom stereocenters. The molecule has 1 fully saturated rings. The predicted molar refractivity (Wildman–Crippen MR) is 67.5 cm³/mol. The van der Waals surface area contributed by atoms with Crippen LogP contribution >= 0.6 is 11.8 Å². The molecule has 0 bridgehead atoms. The molecule has 1 aliphatic heterocycles. The Bertz CT molecular complexity index is 414. The van der Waals surface area contributed by atoms with Crippen molar-refractivity contribution < 1.29 is 14.3 Å². The number of carbonyl (C=O) groups is 1. The number of hydrogen-bond acceptors (Lipinski definition) is 4. The third-order valence-corrected chi connectivity index (χ3v) is 4.08. The van der Waals surface area contributed by atoms with Crippen molar-refractivity contribution >= 4 is 17.7 Å². The van der Waals surface area contributed by atoms with E-state index in [9.17, 15) is 4.79 Å². The van der Waals surface area contributed by atoms with Crippen LogP contribution in [0.5, 0.6) is 0 Å². The first-order chi connectivity index (χ1) is 7.96. The predicted octanol–water partition coefficient (Wildman–Crippen LogP) is 2.31. The van der Waals surface area contributed by atoms with Crippen LogP contribution in [0.2, 0.25) is 0 Å². The zero-order valence-corrected chi connectivity index (χ0v) is 10.9. The van der Waals surface area contributed by atoms with Crippen molar-refractivity contribution in [2.75, 3.05) is 18.8 Å². The third kappa shape index (κ3) is 3.26. The van der Waals surface area contributed by atoms with Crippen LogP contribution < -0.4 is 0 Å². The molecule has 1 aromatic heterocycles. The summed E-state index contributed by atoms with van der Waals surface area (Å²) < 4.78 is 5.53. The first-order valence-corrected chi connectivity index (χ1v) is 6.62. The topological polar surface area (TPSA) is 53.7 Å². The van der Waals surface area contributed by atoms with E-state index >= 15 is 0 Å². The SMILES string of the molecule is CC1(C)CN(Cc2cc(C(=O)O)co2)CCS1. The summed E-state index contributed by atoms with van der Waals surface area (Å²) in [4.78, 5) is 13.0. The third-order valence-electron chi connectivity index (χ3n) is 2.78. The average molecular weight is 255 g/mol. The van der Waals surface area contributed by atoms with Gasteiger partial charge in [-0.15, -0.1) is 0 Å². The summed E-state index contributed by atoms with van der Waals surface area (Å²) in [7, 11) is 0. The van der Waals surface area contributed by atoms with Gasteiger partial charge in [-0.25, -0.2) is 4.79 Å². The summed E-state index contributed by atoms with van der Waals surface area (Å²) >= 11 is 1.98. The van der Waals surface area contributed by atoms with Gasteiger partial charge in [0.25, 0.3) is 0 Å². The van der Waals surface area contributed by atoms with Crippen LogP contribution in [0.3, 0.4) is 0 Å². The minimum absolute atomic E-state index is 0.227. The molecule has 0 amide bonds. The highest BCUT2D eigenvalue weighted by Crippen LogP contribution is 2.30. The molecule has 1 N–H and O–H groups in total. The molecule has 1 saturated heterocycles. The second kappa shape index (κ2) is 4.74. The molecule has 4 nitrogen and oxygen atoms in total. The molecule has 2 rings (SSSR count). The highest BCUT2D eigenvalue weighted by Gasteiger charge is 2.27. The van der Waals surface area contributed by atoms with Gasteiger partial charge in [-0.05, 0) is 19.9 Å². The zero-order valence-electron chi connectivity index (χ0n) is 10.1. The van der Waals surface area contributed by atoms with Gasteiger partial charge in [0.15, 0.2) is 0 Å². The minimum atomic E-state index is -0.936. The molecule has 94 valence electrons. The maximum atomic E-state index is 10.7. The Kier molecular flexibility index (Phi) is 3.49. The van der Waals surface area contributed by atoms with Gasteiger partial charge in [0.05, 0.1) is 12.1 Å². The van der Waals surface area contributed by atoms with Gasteiger partial charge in [-0.1, -0.05) is 0 Å². The highest BCUT2D eigenvalue weighted by atomic mass is 32.2. The summed E-state index contributed by atoms with van der Waals surface area (Å²) in [6, 6.07) is 1.61. The molecular formula is C12H17NO3S. The summed E-state index contributed by atoms with van der Waals surface area (Å²) in [5.74, 6) is 0.902. The average Bonchev–Trinajstić information content (AvgIpc) is 2.64. The van der Waals surface area contributed by atoms with Crippen molar-refractivity contribution in [3.63, 3.8) is 0 Å². The van der Waals surface area contributed by atoms with E-state index in [0.717, 1.165) is 24.6 Å². The summed E-state index contributed by atoms with van der Waals surface area (Å²) in [6.45, 7) is 7.18. The van der Waals surface area contributed by atoms with Gasteiger partial charge in [0.1, 0.15) is 12.0 Å². The number of nitrogens with zero attached hydrogens (tertiary/aromatic N) is 1. The Morgan fingerprint density at radius 2 is 2.41 bits per heavy atom. The molecule has 1 aromatic rings. The van der Waals surface area contributed by atoms with Crippen LogP contribution in [0.15, 0.2) is 16.7 Å². The van der Waals surface area contributed by atoms with Crippen LogP contribution in [0.4, 0.5) is 0 Å². The maximum absolute atomic E-state index is 10.7. The van der Waals surface area contributed by atoms with Gasteiger partial charge in [0, 0.05) is 23.6 Å². The fraction of sp³-hybridized carbons (Fsp3) is 0.583. The molecule has 5 heteroatoms. The van der Waals surface area contributed by atoms with E-state index in [1.807, 2.05) is 11.8 Å². The Labute approximate surface area is 105 Å². The number of carboxylic acid groups (broad SMARTS) is 1. The second-order valence-corrected chi connectivity index (χ2v) is 6.73. The van der Waals surface area contributed by atoms with Gasteiger partial charge >= 0.3 is 5.97 Å². The molecule has 0 saturated carbocycles. The van der Waals surface area contributed by atoms with Crippen molar-refractivity contribution in [3.05, 3.63) is 23.7 Å². The Hall–Kier alpha value is -0.940. The number of rotatable bonds is 3. The van der Waals surface area contributed by atoms with E-state index in [0.29, 0.717) is 6.54 Å². The standard InChI is InChI=1S/C12H17NO3S/c1-12(2)8-13(3-4-17-12)6-10-5-9(7-16-10)11(14)15/h5,7H,3-4,6,8H2,1-2H3,(H,14,15). The van der Waals surface area contributed by atoms with Crippen LogP contribution in [-0.2, 0) is 6.54 Å². The molecule has 0 aromatic carbocycles. The maximum Gasteiger partial charge on any atom is 0.338 e. The molecule has 0 aliphatic carbocycles. The molecule has 0 spiro atoms. The molecule has 1 aliphatic rings. The van der Waals surface area contributed by atoms with Gasteiger partial charge < -0.3 is 9.52 Å². The van der Waals surface area contributed by atoms with Crippen molar-refractivity contribution in [1.29, 1.82) is 0 Å². The Morgan fingerprint density at radius 3 is 3.00 bits per heavy atom. The van der Waals surface area contributed by atoms with E-state index in [1.54, 1.807) is 6.07 Å². The lowest BCUT2D eigenvalue weighted by Crippen LogP contribution is -2.42. The fourth-order valence-electron chi connectivity index (χ4n) is 2.05. The summed E-state index contributed by atoms with van der Waals surface area (Å²) in [5.41, 5.74) is 0.227. The van der Waals surface area contributed by atoms with Gasteiger partial charge in [-0.3, -0.25) is 4.90 Å². The van der Waals surface area contributed by atoms with Crippen molar-refractivity contribution in [2.45, 2.75) is 25.1 Å². The summed E-state index contributed by atoms with van der Waals surface area (Å²) in [6.07, 6.45) is 1.31. The Morgan fingerprint density at radius 1 is 1.65 bits per heavy atom. The lowest BCUT2D eigenvalue weighted by Gasteiger charge is -2.37. The lowest BCUT2D eigenvalue weighted by molar-refractivity contribution is 0.0696. The van der Waals surface area contributed by atoms with Crippen molar-refractivity contribution in [2.24, 2.45) is 0 Å². The number of hydrogen-bond donors (Lipinski definition) is 1. The quantitative estimate of drug-likeness (QED) is 0.898. The molecule has 2 heterocycles. The number of thioether (sulfide) groups is 1. The second-order valence-electron chi connectivity index (χ2n) is 4.93. The fourth-order valence-corrected chi connectivity index (χ4v) is 3.22. The van der Waals surface area contributed by atoms with Crippen molar-refractivity contribution in [1.82, 2.24) is 4.90 Å². The van der Waals surface area contributed by atoms with E-state index in [4.69, 9.17) is 9.52 Å². The van der Waals surface area contributed by atoms with Gasteiger partial charge in [-0.2, -0.15) is 11.8 Å². The number of carboxylic acids is 1. The number of furan rings is 1. The molecular weight excluding hydrogens is 238 g/mol. The van der Waals surface area contributed by atoms with Crippen molar-refractivity contribution in [3.8, 4) is 0 Å². The smallest absolute Gasteiger partial charge is 0.338 e. The molecule has 17 heavy (non-hydrogen) atoms. The largest absolute Gasteiger partial charge is 0.478 e. The van der Waals surface area contributed by atoms with Crippen LogP contribution in [-0.4, -0.2) is 39.6 Å². The van der Waals surface area contributed by atoms with Crippen LogP contribution in [0.1, 0.15) is 30.0 Å². The normalized spacial score (nSPS) is 20.4.